The number of aryl methyl sites for hydroxylation is 1. The van der Waals surface area contributed by atoms with Crippen molar-refractivity contribution >= 4 is 10.9 Å². The van der Waals surface area contributed by atoms with Crippen LogP contribution in [0.3, 0.4) is 0 Å². The number of nitrogens with zero attached hydrogens (tertiary/aromatic N) is 1. The average Bonchev–Trinajstić information content (AvgIpc) is 2.96. The van der Waals surface area contributed by atoms with Crippen molar-refractivity contribution in [1.82, 2.24) is 10.2 Å². The van der Waals surface area contributed by atoms with E-state index in [0.29, 0.717) is 0 Å². The Morgan fingerprint density at radius 1 is 0.682 bits per heavy atom. The molecule has 0 bridgehead atoms. The number of hydrogen-bond acceptors (Lipinski definition) is 1. The van der Waals surface area contributed by atoms with Gasteiger partial charge in [0.15, 0.2) is 0 Å². The van der Waals surface area contributed by atoms with Crippen LogP contribution in [0.4, 0.5) is 0 Å². The van der Waals surface area contributed by atoms with Crippen molar-refractivity contribution in [3.63, 3.8) is 0 Å². The molecule has 3 aromatic carbocycles. The van der Waals surface area contributed by atoms with Crippen LogP contribution in [0.5, 0.6) is 0 Å². The zero-order valence-corrected chi connectivity index (χ0v) is 12.4. The van der Waals surface area contributed by atoms with E-state index in [-0.39, 0.29) is 0 Å². The molecule has 0 atom stereocenters. The topological polar surface area (TPSA) is 28.7 Å². The summed E-state index contributed by atoms with van der Waals surface area (Å²) in [6, 6.07) is 25.5. The molecule has 22 heavy (non-hydrogen) atoms. The molecule has 106 valence electrons. The molecule has 0 aliphatic carbocycles. The number of nitrogens with one attached hydrogen (secondary N) is 1. The first-order valence-corrected chi connectivity index (χ1v) is 7.42. The molecule has 1 heterocycles. The van der Waals surface area contributed by atoms with E-state index >= 15 is 0 Å². The molecular weight excluding hydrogens is 268 g/mol. The van der Waals surface area contributed by atoms with Gasteiger partial charge in [-0.15, -0.1) is 0 Å². The van der Waals surface area contributed by atoms with Crippen LogP contribution in [-0.4, -0.2) is 10.2 Å². The highest BCUT2D eigenvalue weighted by Gasteiger charge is 2.04. The number of aromatic amines is 1. The van der Waals surface area contributed by atoms with Crippen LogP contribution in [0.1, 0.15) is 5.69 Å². The highest BCUT2D eigenvalue weighted by Crippen LogP contribution is 2.27. The third-order valence-corrected chi connectivity index (χ3v) is 4.07. The van der Waals surface area contributed by atoms with Gasteiger partial charge in [0.2, 0.25) is 0 Å². The summed E-state index contributed by atoms with van der Waals surface area (Å²) in [7, 11) is 0. The third-order valence-electron chi connectivity index (χ3n) is 4.07. The van der Waals surface area contributed by atoms with Crippen LogP contribution in [0.15, 0.2) is 72.8 Å². The summed E-state index contributed by atoms with van der Waals surface area (Å²) >= 11 is 0. The van der Waals surface area contributed by atoms with E-state index in [1.807, 2.05) is 13.0 Å². The van der Waals surface area contributed by atoms with Gasteiger partial charge in [-0.05, 0) is 35.2 Å². The van der Waals surface area contributed by atoms with Gasteiger partial charge in [0, 0.05) is 11.1 Å². The molecule has 4 rings (SSSR count). The molecule has 0 amide bonds. The van der Waals surface area contributed by atoms with Crippen LogP contribution in [0, 0.1) is 6.92 Å². The van der Waals surface area contributed by atoms with Gasteiger partial charge in [0.25, 0.3) is 0 Å². The summed E-state index contributed by atoms with van der Waals surface area (Å²) in [5.41, 5.74) is 7.01. The minimum atomic E-state index is 1.02. The Bertz CT molecular complexity index is 919. The van der Waals surface area contributed by atoms with Gasteiger partial charge in [0.05, 0.1) is 5.52 Å². The number of H-pyrrole nitrogens is 1. The normalized spacial score (nSPS) is 11.0. The van der Waals surface area contributed by atoms with E-state index in [2.05, 4.69) is 76.9 Å². The molecule has 0 saturated carbocycles. The smallest absolute Gasteiger partial charge is 0.0929 e. The first kappa shape index (κ1) is 12.8. The van der Waals surface area contributed by atoms with Gasteiger partial charge in [-0.2, -0.15) is 5.10 Å². The first-order chi connectivity index (χ1) is 10.8. The number of fused-ring (bicyclic) bond motifs is 1. The summed E-state index contributed by atoms with van der Waals surface area (Å²) in [4.78, 5) is 0. The summed E-state index contributed by atoms with van der Waals surface area (Å²) in [6.07, 6.45) is 0. The van der Waals surface area contributed by atoms with Crippen molar-refractivity contribution in [1.29, 1.82) is 0 Å². The highest BCUT2D eigenvalue weighted by atomic mass is 15.1. The van der Waals surface area contributed by atoms with E-state index in [4.69, 9.17) is 0 Å². The van der Waals surface area contributed by atoms with E-state index < -0.39 is 0 Å². The van der Waals surface area contributed by atoms with Gasteiger partial charge in [-0.1, -0.05) is 66.7 Å². The second-order valence-corrected chi connectivity index (χ2v) is 5.52. The van der Waals surface area contributed by atoms with Crippen molar-refractivity contribution in [3.8, 4) is 22.3 Å². The molecular formula is C20H16N2. The fourth-order valence-electron chi connectivity index (χ4n) is 2.81. The van der Waals surface area contributed by atoms with Crippen LogP contribution < -0.4 is 0 Å². The van der Waals surface area contributed by atoms with Gasteiger partial charge in [-0.25, -0.2) is 0 Å². The monoisotopic (exact) mass is 284 g/mol. The number of benzene rings is 3. The molecule has 0 radical (unpaired) electrons. The van der Waals surface area contributed by atoms with E-state index in [1.54, 1.807) is 0 Å². The summed E-state index contributed by atoms with van der Waals surface area (Å²) in [5.74, 6) is 0. The number of hydrogen-bond donors (Lipinski definition) is 1. The zero-order chi connectivity index (χ0) is 14.9. The molecule has 2 nitrogen and oxygen atoms in total. The lowest BCUT2D eigenvalue weighted by molar-refractivity contribution is 1.07. The molecule has 4 aromatic rings. The van der Waals surface area contributed by atoms with Crippen molar-refractivity contribution < 1.29 is 0 Å². The minimum absolute atomic E-state index is 1.02. The zero-order valence-electron chi connectivity index (χ0n) is 12.4. The average molecular weight is 284 g/mol. The molecule has 0 unspecified atom stereocenters. The largest absolute Gasteiger partial charge is 0.282 e. The summed E-state index contributed by atoms with van der Waals surface area (Å²) in [5, 5.41) is 8.57. The summed E-state index contributed by atoms with van der Waals surface area (Å²) < 4.78 is 0. The van der Waals surface area contributed by atoms with Crippen LogP contribution in [0.25, 0.3) is 33.2 Å². The maximum atomic E-state index is 4.34. The maximum Gasteiger partial charge on any atom is 0.0929 e. The lowest BCUT2D eigenvalue weighted by atomic mass is 9.99. The maximum absolute atomic E-state index is 4.34. The third kappa shape index (κ3) is 2.19. The molecule has 0 aliphatic rings. The highest BCUT2D eigenvalue weighted by molar-refractivity contribution is 5.86. The molecule has 1 aromatic heterocycles. The molecule has 0 spiro atoms. The lowest BCUT2D eigenvalue weighted by Crippen LogP contribution is -1.81. The van der Waals surface area contributed by atoms with Crippen molar-refractivity contribution in [2.75, 3.05) is 0 Å². The second-order valence-electron chi connectivity index (χ2n) is 5.52. The van der Waals surface area contributed by atoms with E-state index in [0.717, 1.165) is 11.2 Å². The SMILES string of the molecule is Cc1[nH]nc2cc(-c3ccc(-c4ccccc4)cc3)ccc12. The van der Waals surface area contributed by atoms with Gasteiger partial charge < -0.3 is 0 Å². The Hall–Kier alpha value is -2.87. The van der Waals surface area contributed by atoms with Crippen molar-refractivity contribution in [3.05, 3.63) is 78.5 Å². The Labute approximate surface area is 129 Å². The van der Waals surface area contributed by atoms with E-state index in [1.165, 1.54) is 27.6 Å². The van der Waals surface area contributed by atoms with Crippen LogP contribution >= 0.6 is 0 Å². The number of rotatable bonds is 2. The fourth-order valence-corrected chi connectivity index (χ4v) is 2.81. The fraction of sp³-hybridized carbons (Fsp3) is 0.0500. The van der Waals surface area contributed by atoms with Crippen LogP contribution in [0.2, 0.25) is 0 Å². The van der Waals surface area contributed by atoms with Crippen molar-refractivity contribution in [2.45, 2.75) is 6.92 Å². The molecule has 2 heteroatoms. The van der Waals surface area contributed by atoms with Gasteiger partial charge in [0.1, 0.15) is 0 Å². The molecule has 0 aliphatic heterocycles. The Morgan fingerprint density at radius 2 is 1.27 bits per heavy atom. The number of aromatic nitrogens is 2. The molecule has 0 saturated heterocycles. The minimum Gasteiger partial charge on any atom is -0.282 e. The second kappa shape index (κ2) is 5.15. The quantitative estimate of drug-likeness (QED) is 0.538. The van der Waals surface area contributed by atoms with E-state index in [9.17, 15) is 0 Å². The van der Waals surface area contributed by atoms with Gasteiger partial charge >= 0.3 is 0 Å². The Kier molecular flexibility index (Phi) is 3.01. The Morgan fingerprint density at radius 3 is 2.00 bits per heavy atom. The summed E-state index contributed by atoms with van der Waals surface area (Å²) in [6.45, 7) is 2.05. The van der Waals surface area contributed by atoms with Crippen LogP contribution in [-0.2, 0) is 0 Å². The van der Waals surface area contributed by atoms with Crippen molar-refractivity contribution in [2.24, 2.45) is 0 Å². The standard InChI is InChI=1S/C20H16N2/c1-14-19-12-11-18(13-20(19)22-21-14)17-9-7-16(8-10-17)15-5-3-2-4-6-15/h2-13H,1H3,(H,21,22). The Balaban J connectivity index is 1.72. The molecule has 0 fully saturated rings. The predicted octanol–water partition coefficient (Wildman–Crippen LogP) is 5.21. The van der Waals surface area contributed by atoms with Gasteiger partial charge in [-0.3, -0.25) is 5.10 Å². The lowest BCUT2D eigenvalue weighted by Gasteiger charge is -2.05. The molecule has 1 N–H and O–H groups in total. The first-order valence-electron chi connectivity index (χ1n) is 7.42. The predicted molar refractivity (Wildman–Crippen MR) is 91.7 cm³/mol.